The molecule has 1 aliphatic carbocycles. The number of aryl methyl sites for hydroxylation is 1. The van der Waals surface area contributed by atoms with Gasteiger partial charge in [-0.15, -0.1) is 0 Å². The van der Waals surface area contributed by atoms with Crippen molar-refractivity contribution in [1.82, 2.24) is 15.5 Å². The van der Waals surface area contributed by atoms with Crippen LogP contribution in [0.4, 0.5) is 0 Å². The number of nitrogens with one attached hydrogen (secondary N) is 2. The van der Waals surface area contributed by atoms with E-state index in [2.05, 4.69) is 22.4 Å². The fourth-order valence-corrected chi connectivity index (χ4v) is 1.70. The summed E-state index contributed by atoms with van der Waals surface area (Å²) in [6, 6.07) is 0.391. The lowest BCUT2D eigenvalue weighted by atomic mass is 10.2. The van der Waals surface area contributed by atoms with Gasteiger partial charge in [-0.2, -0.15) is 5.10 Å². The van der Waals surface area contributed by atoms with Crippen molar-refractivity contribution in [3.8, 4) is 0 Å². The van der Waals surface area contributed by atoms with Gasteiger partial charge in [-0.1, -0.05) is 13.3 Å². The van der Waals surface area contributed by atoms with Crippen molar-refractivity contribution in [2.75, 3.05) is 0 Å². The number of H-pyrrole nitrogens is 1. The van der Waals surface area contributed by atoms with Gasteiger partial charge in [-0.05, 0) is 19.3 Å². The third-order valence-electron chi connectivity index (χ3n) is 2.84. The van der Waals surface area contributed by atoms with Gasteiger partial charge in [-0.25, -0.2) is 0 Å². The maximum absolute atomic E-state index is 11.7. The summed E-state index contributed by atoms with van der Waals surface area (Å²) in [6.45, 7) is 4.01. The minimum absolute atomic E-state index is 0.00259. The molecular weight excluding hydrogens is 178 g/mol. The molecule has 0 bridgehead atoms. The summed E-state index contributed by atoms with van der Waals surface area (Å²) in [5.41, 5.74) is 1.49. The van der Waals surface area contributed by atoms with Gasteiger partial charge in [-0.3, -0.25) is 9.89 Å². The van der Waals surface area contributed by atoms with Gasteiger partial charge >= 0.3 is 0 Å². The lowest BCUT2D eigenvalue weighted by Crippen LogP contribution is -2.27. The van der Waals surface area contributed by atoms with E-state index in [-0.39, 0.29) is 5.91 Å². The van der Waals surface area contributed by atoms with Gasteiger partial charge in [0.2, 0.25) is 0 Å². The number of hydrogen-bond donors (Lipinski definition) is 2. The zero-order valence-corrected chi connectivity index (χ0v) is 8.50. The van der Waals surface area contributed by atoms with Crippen LogP contribution in [0, 0.1) is 12.8 Å². The highest BCUT2D eigenvalue weighted by atomic mass is 16.1. The molecule has 1 fully saturated rings. The van der Waals surface area contributed by atoms with E-state index in [4.69, 9.17) is 0 Å². The van der Waals surface area contributed by atoms with E-state index in [0.717, 1.165) is 18.5 Å². The molecule has 2 rings (SSSR count). The Kier molecular flexibility index (Phi) is 2.27. The van der Waals surface area contributed by atoms with Crippen molar-refractivity contribution in [3.05, 3.63) is 17.5 Å². The molecule has 2 N–H and O–H groups in total. The van der Waals surface area contributed by atoms with Crippen LogP contribution in [0.2, 0.25) is 0 Å². The molecule has 4 heteroatoms. The topological polar surface area (TPSA) is 57.8 Å². The Labute approximate surface area is 83.1 Å². The molecule has 14 heavy (non-hydrogen) atoms. The summed E-state index contributed by atoms with van der Waals surface area (Å²) < 4.78 is 0. The van der Waals surface area contributed by atoms with Crippen molar-refractivity contribution in [3.63, 3.8) is 0 Å². The summed E-state index contributed by atoms with van der Waals surface area (Å²) in [6.07, 6.45) is 3.85. The fourth-order valence-electron chi connectivity index (χ4n) is 1.70. The first-order chi connectivity index (χ1) is 6.72. The third-order valence-corrected chi connectivity index (χ3v) is 2.84. The Bertz CT molecular complexity index is 345. The maximum atomic E-state index is 11.7. The maximum Gasteiger partial charge on any atom is 0.254 e. The molecule has 0 aromatic carbocycles. The molecule has 1 heterocycles. The SMILES string of the molecule is CCC1CC1NC(=O)c1cn[nH]c1C. The molecule has 1 aromatic rings. The highest BCUT2D eigenvalue weighted by Gasteiger charge is 2.36. The first-order valence-corrected chi connectivity index (χ1v) is 5.03. The summed E-state index contributed by atoms with van der Waals surface area (Å²) in [7, 11) is 0. The Morgan fingerprint density at radius 1 is 1.79 bits per heavy atom. The predicted octanol–water partition coefficient (Wildman–Crippen LogP) is 1.25. The zero-order valence-electron chi connectivity index (χ0n) is 8.50. The number of rotatable bonds is 3. The van der Waals surface area contributed by atoms with Crippen LogP contribution in [0.3, 0.4) is 0 Å². The Morgan fingerprint density at radius 3 is 3.07 bits per heavy atom. The minimum atomic E-state index is -0.00259. The number of aromatic amines is 1. The number of carbonyl (C=O) groups excluding carboxylic acids is 1. The number of amides is 1. The lowest BCUT2D eigenvalue weighted by molar-refractivity contribution is 0.0948. The second-order valence-corrected chi connectivity index (χ2v) is 3.89. The van der Waals surface area contributed by atoms with Crippen LogP contribution in [0.15, 0.2) is 6.20 Å². The standard InChI is InChI=1S/C10H15N3O/c1-3-7-4-9(7)12-10(14)8-5-11-13-6(8)2/h5,7,9H,3-4H2,1-2H3,(H,11,13)(H,12,14). The summed E-state index contributed by atoms with van der Waals surface area (Å²) >= 11 is 0. The zero-order chi connectivity index (χ0) is 10.1. The van der Waals surface area contributed by atoms with E-state index in [1.807, 2.05) is 6.92 Å². The Morgan fingerprint density at radius 2 is 2.57 bits per heavy atom. The third kappa shape index (κ3) is 1.64. The number of nitrogens with zero attached hydrogens (tertiary/aromatic N) is 1. The van der Waals surface area contributed by atoms with Crippen LogP contribution >= 0.6 is 0 Å². The van der Waals surface area contributed by atoms with E-state index in [1.165, 1.54) is 0 Å². The number of hydrogen-bond acceptors (Lipinski definition) is 2. The molecule has 1 aliphatic rings. The molecular formula is C10H15N3O. The van der Waals surface area contributed by atoms with Gasteiger partial charge in [0.05, 0.1) is 11.8 Å². The molecule has 2 unspecified atom stereocenters. The Balaban J connectivity index is 1.94. The molecule has 1 saturated carbocycles. The van der Waals surface area contributed by atoms with Crippen LogP contribution in [-0.2, 0) is 0 Å². The molecule has 0 saturated heterocycles. The average molecular weight is 193 g/mol. The van der Waals surface area contributed by atoms with Gasteiger partial charge in [0, 0.05) is 11.7 Å². The summed E-state index contributed by atoms with van der Waals surface area (Å²) in [5.74, 6) is 0.684. The molecule has 1 amide bonds. The largest absolute Gasteiger partial charge is 0.349 e. The van der Waals surface area contributed by atoms with Crippen molar-refractivity contribution < 1.29 is 4.79 Å². The van der Waals surface area contributed by atoms with Crippen LogP contribution in [0.5, 0.6) is 0 Å². The first-order valence-electron chi connectivity index (χ1n) is 5.03. The summed E-state index contributed by atoms with van der Waals surface area (Å²) in [4.78, 5) is 11.7. The molecule has 0 spiro atoms. The predicted molar refractivity (Wildman–Crippen MR) is 53.0 cm³/mol. The van der Waals surface area contributed by atoms with Crippen molar-refractivity contribution >= 4 is 5.91 Å². The molecule has 0 aliphatic heterocycles. The highest BCUT2D eigenvalue weighted by molar-refractivity contribution is 5.95. The molecule has 2 atom stereocenters. The van der Waals surface area contributed by atoms with E-state index in [0.29, 0.717) is 17.5 Å². The number of carbonyl (C=O) groups is 1. The molecule has 1 aromatic heterocycles. The van der Waals surface area contributed by atoms with Crippen LogP contribution in [-0.4, -0.2) is 22.1 Å². The molecule has 4 nitrogen and oxygen atoms in total. The first kappa shape index (κ1) is 9.24. The fraction of sp³-hybridized carbons (Fsp3) is 0.600. The summed E-state index contributed by atoms with van der Waals surface area (Å²) in [5, 5.41) is 9.58. The van der Waals surface area contributed by atoms with Crippen molar-refractivity contribution in [2.45, 2.75) is 32.7 Å². The second kappa shape index (κ2) is 3.44. The van der Waals surface area contributed by atoms with E-state index < -0.39 is 0 Å². The van der Waals surface area contributed by atoms with Crippen LogP contribution in [0.25, 0.3) is 0 Å². The second-order valence-electron chi connectivity index (χ2n) is 3.89. The highest BCUT2D eigenvalue weighted by Crippen LogP contribution is 2.33. The minimum Gasteiger partial charge on any atom is -0.349 e. The van der Waals surface area contributed by atoms with Gasteiger partial charge in [0.15, 0.2) is 0 Å². The monoisotopic (exact) mass is 193 g/mol. The van der Waals surface area contributed by atoms with Crippen molar-refractivity contribution in [2.24, 2.45) is 5.92 Å². The molecule has 0 radical (unpaired) electrons. The molecule has 76 valence electrons. The Hall–Kier alpha value is -1.32. The van der Waals surface area contributed by atoms with Crippen LogP contribution < -0.4 is 5.32 Å². The lowest BCUT2D eigenvalue weighted by Gasteiger charge is -2.02. The average Bonchev–Trinajstić information content (AvgIpc) is 2.77. The smallest absolute Gasteiger partial charge is 0.254 e. The van der Waals surface area contributed by atoms with E-state index in [9.17, 15) is 4.79 Å². The number of aromatic nitrogens is 2. The quantitative estimate of drug-likeness (QED) is 0.759. The van der Waals surface area contributed by atoms with E-state index in [1.54, 1.807) is 6.20 Å². The van der Waals surface area contributed by atoms with Gasteiger partial charge in [0.25, 0.3) is 5.91 Å². The van der Waals surface area contributed by atoms with Gasteiger partial charge < -0.3 is 5.32 Å². The van der Waals surface area contributed by atoms with E-state index >= 15 is 0 Å². The van der Waals surface area contributed by atoms with Crippen LogP contribution in [0.1, 0.15) is 35.8 Å². The van der Waals surface area contributed by atoms with Gasteiger partial charge in [0.1, 0.15) is 0 Å². The van der Waals surface area contributed by atoms with Crippen molar-refractivity contribution in [1.29, 1.82) is 0 Å². The normalized spacial score (nSPS) is 24.7.